The summed E-state index contributed by atoms with van der Waals surface area (Å²) < 4.78 is 5.39. The van der Waals surface area contributed by atoms with E-state index >= 15 is 0 Å². The summed E-state index contributed by atoms with van der Waals surface area (Å²) >= 11 is 0. The van der Waals surface area contributed by atoms with Crippen LogP contribution in [0.25, 0.3) is 0 Å². The molecule has 3 rings (SSSR count). The lowest BCUT2D eigenvalue weighted by molar-refractivity contribution is 0.410. The number of hydrogen-bond donors (Lipinski definition) is 1. The van der Waals surface area contributed by atoms with Crippen LogP contribution < -0.4 is 15.0 Å². The first-order valence-electron chi connectivity index (χ1n) is 8.30. The normalized spacial score (nSPS) is 15.1. The molecule has 0 atom stereocenters. The lowest BCUT2D eigenvalue weighted by Gasteiger charge is -2.20. The predicted molar refractivity (Wildman–Crippen MR) is 93.0 cm³/mol. The fourth-order valence-corrected chi connectivity index (χ4v) is 2.90. The molecule has 0 radical (unpaired) electrons. The Labute approximate surface area is 137 Å². The molecular formula is C18H24N4O. The molecule has 1 aromatic carbocycles. The van der Waals surface area contributed by atoms with Crippen molar-refractivity contribution in [2.75, 3.05) is 30.4 Å². The molecule has 0 unspecified atom stereocenters. The van der Waals surface area contributed by atoms with E-state index < -0.39 is 0 Å². The van der Waals surface area contributed by atoms with E-state index in [9.17, 15) is 0 Å². The van der Waals surface area contributed by atoms with E-state index in [2.05, 4.69) is 26.3 Å². The van der Waals surface area contributed by atoms with Gasteiger partial charge in [-0.3, -0.25) is 0 Å². The smallest absolute Gasteiger partial charge is 0.227 e. The van der Waals surface area contributed by atoms with Gasteiger partial charge in [0.2, 0.25) is 5.95 Å². The van der Waals surface area contributed by atoms with E-state index in [1.807, 2.05) is 30.5 Å². The van der Waals surface area contributed by atoms with Crippen LogP contribution in [0.2, 0.25) is 0 Å². The van der Waals surface area contributed by atoms with Crippen LogP contribution in [0.5, 0.6) is 5.75 Å². The zero-order chi connectivity index (χ0) is 15.9. The van der Waals surface area contributed by atoms with Gasteiger partial charge in [0, 0.05) is 31.4 Å². The Morgan fingerprint density at radius 3 is 2.65 bits per heavy atom. The third-order valence-corrected chi connectivity index (χ3v) is 4.18. The van der Waals surface area contributed by atoms with Gasteiger partial charge >= 0.3 is 0 Å². The predicted octanol–water partition coefficient (Wildman–Crippen LogP) is 3.48. The number of rotatable bonds is 5. The highest BCUT2D eigenvalue weighted by Gasteiger charge is 2.12. The second-order valence-electron chi connectivity index (χ2n) is 5.81. The lowest BCUT2D eigenvalue weighted by atomic mass is 10.2. The minimum atomic E-state index is 0.681. The van der Waals surface area contributed by atoms with Crippen molar-refractivity contribution in [1.29, 1.82) is 0 Å². The number of ether oxygens (including phenoxy) is 1. The van der Waals surface area contributed by atoms with E-state index in [-0.39, 0.29) is 0 Å². The second-order valence-corrected chi connectivity index (χ2v) is 5.81. The molecule has 0 bridgehead atoms. The summed E-state index contributed by atoms with van der Waals surface area (Å²) in [5.41, 5.74) is 1.12. The number of aromatic nitrogens is 2. The van der Waals surface area contributed by atoms with Gasteiger partial charge in [0.05, 0.1) is 7.11 Å². The Hall–Kier alpha value is -2.30. The van der Waals surface area contributed by atoms with Gasteiger partial charge < -0.3 is 15.0 Å². The van der Waals surface area contributed by atoms with E-state index in [1.54, 1.807) is 7.11 Å². The minimum Gasteiger partial charge on any atom is -0.496 e. The van der Waals surface area contributed by atoms with Crippen molar-refractivity contribution in [2.24, 2.45) is 0 Å². The van der Waals surface area contributed by atoms with Crippen molar-refractivity contribution in [1.82, 2.24) is 9.97 Å². The van der Waals surface area contributed by atoms with Crippen LogP contribution in [0, 0.1) is 0 Å². The first-order chi connectivity index (χ1) is 11.4. The molecule has 23 heavy (non-hydrogen) atoms. The van der Waals surface area contributed by atoms with E-state index in [1.165, 1.54) is 25.7 Å². The van der Waals surface area contributed by atoms with Crippen molar-refractivity contribution >= 4 is 11.8 Å². The maximum Gasteiger partial charge on any atom is 0.227 e. The molecule has 0 saturated carbocycles. The summed E-state index contributed by atoms with van der Waals surface area (Å²) in [4.78, 5) is 11.4. The molecule has 2 heterocycles. The number of nitrogens with one attached hydrogen (secondary N) is 1. The summed E-state index contributed by atoms with van der Waals surface area (Å²) in [6.45, 7) is 2.78. The molecular weight excluding hydrogens is 288 g/mol. The van der Waals surface area contributed by atoms with Gasteiger partial charge in [0.1, 0.15) is 11.6 Å². The lowest BCUT2D eigenvalue weighted by Crippen LogP contribution is -2.26. The van der Waals surface area contributed by atoms with E-state index in [4.69, 9.17) is 4.74 Å². The first kappa shape index (κ1) is 15.6. The van der Waals surface area contributed by atoms with Gasteiger partial charge in [0.25, 0.3) is 0 Å². The molecule has 1 aliphatic heterocycles. The monoisotopic (exact) mass is 312 g/mol. The van der Waals surface area contributed by atoms with Gasteiger partial charge in [-0.15, -0.1) is 0 Å². The zero-order valence-electron chi connectivity index (χ0n) is 13.7. The van der Waals surface area contributed by atoms with Crippen molar-refractivity contribution < 1.29 is 4.74 Å². The quantitative estimate of drug-likeness (QED) is 0.916. The SMILES string of the molecule is COc1ccccc1CNc1ccnc(N2CCCCCC2)n1. The molecule has 1 aromatic heterocycles. The van der Waals surface area contributed by atoms with E-state index in [0.717, 1.165) is 36.2 Å². The summed E-state index contributed by atoms with van der Waals surface area (Å²) in [5.74, 6) is 2.57. The Morgan fingerprint density at radius 2 is 1.87 bits per heavy atom. The Morgan fingerprint density at radius 1 is 1.09 bits per heavy atom. The topological polar surface area (TPSA) is 50.3 Å². The zero-order valence-corrected chi connectivity index (χ0v) is 13.7. The van der Waals surface area contributed by atoms with Crippen molar-refractivity contribution in [3.05, 3.63) is 42.1 Å². The van der Waals surface area contributed by atoms with Crippen molar-refractivity contribution in [3.63, 3.8) is 0 Å². The van der Waals surface area contributed by atoms with Gasteiger partial charge in [-0.2, -0.15) is 4.98 Å². The van der Waals surface area contributed by atoms with Crippen LogP contribution in [0.4, 0.5) is 11.8 Å². The summed E-state index contributed by atoms with van der Waals surface area (Å²) in [5, 5.41) is 3.37. The second kappa shape index (κ2) is 7.81. The van der Waals surface area contributed by atoms with Crippen molar-refractivity contribution in [3.8, 4) is 5.75 Å². The summed E-state index contributed by atoms with van der Waals surface area (Å²) in [7, 11) is 1.70. The number of methoxy groups -OCH3 is 1. The van der Waals surface area contributed by atoms with E-state index in [0.29, 0.717) is 6.54 Å². The molecule has 1 fully saturated rings. The molecule has 1 saturated heterocycles. The number of anilines is 2. The minimum absolute atomic E-state index is 0.681. The highest BCUT2D eigenvalue weighted by atomic mass is 16.5. The average Bonchev–Trinajstić information content (AvgIpc) is 2.90. The van der Waals surface area contributed by atoms with Crippen LogP contribution in [0.3, 0.4) is 0 Å². The Bertz CT molecular complexity index is 624. The maximum absolute atomic E-state index is 5.39. The Balaban J connectivity index is 1.67. The molecule has 5 nitrogen and oxygen atoms in total. The van der Waals surface area contributed by atoms with Crippen LogP contribution in [0.1, 0.15) is 31.2 Å². The molecule has 0 aliphatic carbocycles. The van der Waals surface area contributed by atoms with Gasteiger partial charge in [-0.05, 0) is 25.0 Å². The average molecular weight is 312 g/mol. The third kappa shape index (κ3) is 4.12. The summed E-state index contributed by atoms with van der Waals surface area (Å²) in [6.07, 6.45) is 6.90. The van der Waals surface area contributed by atoms with Crippen LogP contribution in [-0.4, -0.2) is 30.2 Å². The molecule has 122 valence electrons. The van der Waals surface area contributed by atoms with Gasteiger partial charge in [0.15, 0.2) is 0 Å². The van der Waals surface area contributed by atoms with Crippen LogP contribution in [-0.2, 0) is 6.54 Å². The number of para-hydroxylation sites is 1. The maximum atomic E-state index is 5.39. The largest absolute Gasteiger partial charge is 0.496 e. The molecule has 1 aliphatic rings. The first-order valence-corrected chi connectivity index (χ1v) is 8.30. The van der Waals surface area contributed by atoms with Crippen LogP contribution in [0.15, 0.2) is 36.5 Å². The summed E-state index contributed by atoms with van der Waals surface area (Å²) in [6, 6.07) is 9.94. The number of benzene rings is 1. The van der Waals surface area contributed by atoms with Crippen LogP contribution >= 0.6 is 0 Å². The van der Waals surface area contributed by atoms with Crippen molar-refractivity contribution in [2.45, 2.75) is 32.2 Å². The highest BCUT2D eigenvalue weighted by Crippen LogP contribution is 2.20. The molecule has 0 amide bonds. The molecule has 5 heteroatoms. The molecule has 2 aromatic rings. The third-order valence-electron chi connectivity index (χ3n) is 4.18. The fraction of sp³-hybridized carbons (Fsp3) is 0.444. The molecule has 0 spiro atoms. The van der Waals surface area contributed by atoms with Gasteiger partial charge in [-0.1, -0.05) is 31.0 Å². The Kier molecular flexibility index (Phi) is 5.29. The number of hydrogen-bond acceptors (Lipinski definition) is 5. The molecule has 1 N–H and O–H groups in total. The number of nitrogens with zero attached hydrogens (tertiary/aromatic N) is 3. The fourth-order valence-electron chi connectivity index (χ4n) is 2.90. The standard InChI is InChI=1S/C18H24N4O/c1-23-16-9-5-4-8-15(16)14-20-17-10-11-19-18(21-17)22-12-6-2-3-7-13-22/h4-5,8-11H,2-3,6-7,12-14H2,1H3,(H,19,20,21). The highest BCUT2D eigenvalue weighted by molar-refractivity contribution is 5.43. The van der Waals surface area contributed by atoms with Gasteiger partial charge in [-0.25, -0.2) is 4.98 Å².